The summed E-state index contributed by atoms with van der Waals surface area (Å²) >= 11 is 3.13. The molecule has 3 heteroatoms. The van der Waals surface area contributed by atoms with Crippen molar-refractivity contribution in [3.8, 4) is 0 Å². The van der Waals surface area contributed by atoms with Crippen molar-refractivity contribution in [1.82, 2.24) is 4.98 Å². The van der Waals surface area contributed by atoms with E-state index in [1.807, 2.05) is 19.1 Å². The Morgan fingerprint density at radius 1 is 1.31 bits per heavy atom. The fourth-order valence-corrected chi connectivity index (χ4v) is 1.58. The van der Waals surface area contributed by atoms with E-state index in [0.717, 1.165) is 11.1 Å². The predicted molar refractivity (Wildman–Crippen MR) is 54.1 cm³/mol. The zero-order valence-electron chi connectivity index (χ0n) is 7.01. The Kier molecular flexibility index (Phi) is 2.04. The number of hydrogen-bond donors (Lipinski definition) is 0. The minimum atomic E-state index is -0.273. The van der Waals surface area contributed by atoms with Gasteiger partial charge in [-0.05, 0) is 35.0 Å². The first-order chi connectivity index (χ1) is 6.16. The molecule has 2 rings (SSSR count). The third kappa shape index (κ3) is 1.56. The van der Waals surface area contributed by atoms with E-state index in [0.29, 0.717) is 9.99 Å². The minimum absolute atomic E-state index is 0.273. The van der Waals surface area contributed by atoms with Crippen molar-refractivity contribution in [2.75, 3.05) is 0 Å². The normalized spacial score (nSPS) is 10.7. The number of nitrogens with zero attached hydrogens (tertiary/aromatic N) is 1. The molecule has 0 saturated carbocycles. The molecule has 2 aromatic rings. The Bertz CT molecular complexity index is 468. The van der Waals surface area contributed by atoms with Gasteiger partial charge in [0, 0.05) is 17.1 Å². The second-order valence-corrected chi connectivity index (χ2v) is 3.77. The first-order valence-corrected chi connectivity index (χ1v) is 4.68. The predicted octanol–water partition coefficient (Wildman–Crippen LogP) is 3.44. The lowest BCUT2D eigenvalue weighted by atomic mass is 10.2. The fraction of sp³-hybridized carbons (Fsp3) is 0.100. The summed E-state index contributed by atoms with van der Waals surface area (Å²) in [6, 6.07) is 7.01. The molecule has 0 saturated heterocycles. The van der Waals surface area contributed by atoms with E-state index >= 15 is 0 Å². The standard InChI is InChI=1S/C10H7BrFN/c1-6-2-3-7-4-8(11)9(12)5-10(7)13-6/h2-5H,1H3. The largest absolute Gasteiger partial charge is 0.253 e. The fourth-order valence-electron chi connectivity index (χ4n) is 1.22. The van der Waals surface area contributed by atoms with Gasteiger partial charge in [-0.25, -0.2) is 4.39 Å². The van der Waals surface area contributed by atoms with Gasteiger partial charge in [-0.1, -0.05) is 6.07 Å². The van der Waals surface area contributed by atoms with Crippen LogP contribution in [0.4, 0.5) is 4.39 Å². The van der Waals surface area contributed by atoms with E-state index in [2.05, 4.69) is 20.9 Å². The number of fused-ring (bicyclic) bond motifs is 1. The maximum absolute atomic E-state index is 13.1. The van der Waals surface area contributed by atoms with E-state index < -0.39 is 0 Å². The van der Waals surface area contributed by atoms with Crippen LogP contribution < -0.4 is 0 Å². The van der Waals surface area contributed by atoms with Gasteiger partial charge >= 0.3 is 0 Å². The third-order valence-electron chi connectivity index (χ3n) is 1.87. The molecule has 0 fully saturated rings. The van der Waals surface area contributed by atoms with E-state index in [9.17, 15) is 4.39 Å². The van der Waals surface area contributed by atoms with Crippen LogP contribution in [0.25, 0.3) is 10.9 Å². The molecule has 0 aliphatic rings. The van der Waals surface area contributed by atoms with E-state index in [1.54, 1.807) is 6.07 Å². The highest BCUT2D eigenvalue weighted by Crippen LogP contribution is 2.22. The molecule has 0 amide bonds. The van der Waals surface area contributed by atoms with E-state index in [-0.39, 0.29) is 5.82 Å². The Labute approximate surface area is 83.7 Å². The molecular formula is C10H7BrFN. The Balaban J connectivity index is 2.81. The van der Waals surface area contributed by atoms with Crippen molar-refractivity contribution in [3.63, 3.8) is 0 Å². The van der Waals surface area contributed by atoms with Crippen LogP contribution in [0.2, 0.25) is 0 Å². The highest BCUT2D eigenvalue weighted by molar-refractivity contribution is 9.10. The highest BCUT2D eigenvalue weighted by Gasteiger charge is 2.02. The summed E-state index contributed by atoms with van der Waals surface area (Å²) in [6.45, 7) is 1.89. The maximum Gasteiger partial charge on any atom is 0.139 e. The lowest BCUT2D eigenvalue weighted by Crippen LogP contribution is -1.85. The smallest absolute Gasteiger partial charge is 0.139 e. The van der Waals surface area contributed by atoms with Gasteiger partial charge < -0.3 is 0 Å². The molecule has 0 unspecified atom stereocenters. The first-order valence-electron chi connectivity index (χ1n) is 3.89. The summed E-state index contributed by atoms with van der Waals surface area (Å²) in [7, 11) is 0. The van der Waals surface area contributed by atoms with E-state index in [4.69, 9.17) is 0 Å². The second kappa shape index (κ2) is 3.07. The van der Waals surface area contributed by atoms with E-state index in [1.165, 1.54) is 6.07 Å². The number of pyridine rings is 1. The lowest BCUT2D eigenvalue weighted by molar-refractivity contribution is 0.623. The van der Waals surface area contributed by atoms with Gasteiger partial charge in [0.05, 0.1) is 9.99 Å². The monoisotopic (exact) mass is 239 g/mol. The third-order valence-corrected chi connectivity index (χ3v) is 2.48. The van der Waals surface area contributed by atoms with Gasteiger partial charge in [-0.3, -0.25) is 4.98 Å². The van der Waals surface area contributed by atoms with Crippen LogP contribution in [0.1, 0.15) is 5.69 Å². The lowest BCUT2D eigenvalue weighted by Gasteiger charge is -2.00. The van der Waals surface area contributed by atoms with Crippen LogP contribution in [0.3, 0.4) is 0 Å². The molecule has 66 valence electrons. The number of halogens is 2. The molecule has 0 N–H and O–H groups in total. The zero-order valence-corrected chi connectivity index (χ0v) is 8.60. The number of aryl methyl sites for hydroxylation is 1. The van der Waals surface area contributed by atoms with Gasteiger partial charge in [-0.2, -0.15) is 0 Å². The molecule has 0 radical (unpaired) electrons. The first kappa shape index (κ1) is 8.63. The van der Waals surface area contributed by atoms with Gasteiger partial charge in [0.15, 0.2) is 0 Å². The number of aromatic nitrogens is 1. The molecule has 0 bridgehead atoms. The molecule has 1 nitrogen and oxygen atoms in total. The van der Waals surface area contributed by atoms with Crippen molar-refractivity contribution >= 4 is 26.8 Å². The zero-order chi connectivity index (χ0) is 9.42. The SMILES string of the molecule is Cc1ccc2cc(Br)c(F)cc2n1. The molecule has 1 aromatic carbocycles. The van der Waals surface area contributed by atoms with Crippen LogP contribution in [0.15, 0.2) is 28.7 Å². The minimum Gasteiger partial charge on any atom is -0.253 e. The average Bonchev–Trinajstić information content (AvgIpc) is 2.08. The summed E-state index contributed by atoms with van der Waals surface area (Å²) in [5.41, 5.74) is 1.59. The summed E-state index contributed by atoms with van der Waals surface area (Å²) in [6.07, 6.45) is 0. The number of rotatable bonds is 0. The second-order valence-electron chi connectivity index (χ2n) is 2.91. The average molecular weight is 240 g/mol. The molecule has 1 aromatic heterocycles. The number of hydrogen-bond acceptors (Lipinski definition) is 1. The molecule has 1 heterocycles. The van der Waals surface area contributed by atoms with Crippen LogP contribution in [0.5, 0.6) is 0 Å². The summed E-state index contributed by atoms with van der Waals surface area (Å²) in [5.74, 6) is -0.273. The molecule has 0 aliphatic carbocycles. The maximum atomic E-state index is 13.1. The van der Waals surface area contributed by atoms with Crippen molar-refractivity contribution in [3.05, 3.63) is 40.2 Å². The Morgan fingerprint density at radius 2 is 2.08 bits per heavy atom. The topological polar surface area (TPSA) is 12.9 Å². The van der Waals surface area contributed by atoms with Crippen molar-refractivity contribution in [1.29, 1.82) is 0 Å². The molecule has 0 aliphatic heterocycles. The van der Waals surface area contributed by atoms with Crippen molar-refractivity contribution in [2.45, 2.75) is 6.92 Å². The van der Waals surface area contributed by atoms with Crippen molar-refractivity contribution < 1.29 is 4.39 Å². The highest BCUT2D eigenvalue weighted by atomic mass is 79.9. The van der Waals surface area contributed by atoms with Crippen molar-refractivity contribution in [2.24, 2.45) is 0 Å². The van der Waals surface area contributed by atoms with Crippen LogP contribution >= 0.6 is 15.9 Å². The quantitative estimate of drug-likeness (QED) is 0.687. The van der Waals surface area contributed by atoms with Crippen LogP contribution in [0, 0.1) is 12.7 Å². The van der Waals surface area contributed by atoms with Crippen LogP contribution in [-0.4, -0.2) is 4.98 Å². The van der Waals surface area contributed by atoms with Gasteiger partial charge in [0.25, 0.3) is 0 Å². The Morgan fingerprint density at radius 3 is 2.85 bits per heavy atom. The number of benzene rings is 1. The summed E-state index contributed by atoms with van der Waals surface area (Å²) in [4.78, 5) is 4.22. The summed E-state index contributed by atoms with van der Waals surface area (Å²) in [5, 5.41) is 0.943. The van der Waals surface area contributed by atoms with Crippen LogP contribution in [-0.2, 0) is 0 Å². The molecular weight excluding hydrogens is 233 g/mol. The molecule has 0 atom stereocenters. The summed E-state index contributed by atoms with van der Waals surface area (Å²) < 4.78 is 13.6. The van der Waals surface area contributed by atoms with Gasteiger partial charge in [0.1, 0.15) is 5.82 Å². The Hall–Kier alpha value is -0.960. The van der Waals surface area contributed by atoms with Gasteiger partial charge in [0.2, 0.25) is 0 Å². The van der Waals surface area contributed by atoms with Gasteiger partial charge in [-0.15, -0.1) is 0 Å². The molecule has 0 spiro atoms. The molecule has 13 heavy (non-hydrogen) atoms.